The minimum Gasteiger partial charge on any atom is -0.480 e. The van der Waals surface area contributed by atoms with E-state index in [-0.39, 0.29) is 5.91 Å². The van der Waals surface area contributed by atoms with Gasteiger partial charge in [0.25, 0.3) is 5.91 Å². The topological polar surface area (TPSA) is 79.9 Å². The summed E-state index contributed by atoms with van der Waals surface area (Å²) < 4.78 is 7.10. The first-order valence-corrected chi connectivity index (χ1v) is 6.05. The lowest BCUT2D eigenvalue weighted by Crippen LogP contribution is -2.30. The van der Waals surface area contributed by atoms with E-state index in [1.165, 1.54) is 0 Å². The van der Waals surface area contributed by atoms with Crippen LogP contribution in [-0.4, -0.2) is 21.8 Å². The molecule has 6 nitrogen and oxygen atoms in total. The van der Waals surface area contributed by atoms with E-state index in [0.29, 0.717) is 17.0 Å². The van der Waals surface area contributed by atoms with Gasteiger partial charge in [0.1, 0.15) is 11.8 Å². The molecule has 2 rings (SSSR count). The summed E-state index contributed by atoms with van der Waals surface area (Å²) in [5.41, 5.74) is 0.995. The summed E-state index contributed by atoms with van der Waals surface area (Å²) in [4.78, 5) is 12.0. The number of nitriles is 1. The number of para-hydroxylation sites is 1. The van der Waals surface area contributed by atoms with Crippen LogP contribution < -0.4 is 10.1 Å². The van der Waals surface area contributed by atoms with Gasteiger partial charge in [-0.15, -0.1) is 0 Å². The smallest absolute Gasteiger partial charge is 0.265 e. The summed E-state index contributed by atoms with van der Waals surface area (Å²) in [7, 11) is 1.76. The van der Waals surface area contributed by atoms with Crippen LogP contribution in [0.1, 0.15) is 12.5 Å². The lowest BCUT2D eigenvalue weighted by Gasteiger charge is -2.14. The zero-order valence-electron chi connectivity index (χ0n) is 11.2. The highest BCUT2D eigenvalue weighted by Gasteiger charge is 2.16. The molecule has 0 radical (unpaired) electrons. The SMILES string of the molecule is CC(Oc1ccccc1C#N)C(=O)Nc1cnn(C)c1. The van der Waals surface area contributed by atoms with E-state index in [1.54, 1.807) is 55.3 Å². The Morgan fingerprint density at radius 1 is 1.50 bits per heavy atom. The normalized spacial score (nSPS) is 11.4. The van der Waals surface area contributed by atoms with Crippen molar-refractivity contribution >= 4 is 11.6 Å². The number of aromatic nitrogens is 2. The number of hydrogen-bond acceptors (Lipinski definition) is 4. The summed E-state index contributed by atoms with van der Waals surface area (Å²) >= 11 is 0. The number of carbonyl (C=O) groups excluding carboxylic acids is 1. The zero-order chi connectivity index (χ0) is 14.5. The maximum atomic E-state index is 12.0. The molecule has 2 aromatic rings. The van der Waals surface area contributed by atoms with E-state index >= 15 is 0 Å². The molecule has 1 aromatic heterocycles. The van der Waals surface area contributed by atoms with Crippen LogP contribution >= 0.6 is 0 Å². The van der Waals surface area contributed by atoms with E-state index in [1.807, 2.05) is 6.07 Å². The third kappa shape index (κ3) is 3.14. The third-order valence-corrected chi connectivity index (χ3v) is 2.65. The number of carbonyl (C=O) groups is 1. The van der Waals surface area contributed by atoms with E-state index in [2.05, 4.69) is 10.4 Å². The molecule has 20 heavy (non-hydrogen) atoms. The molecule has 0 fully saturated rings. The Labute approximate surface area is 116 Å². The van der Waals surface area contributed by atoms with Gasteiger partial charge in [-0.3, -0.25) is 9.48 Å². The van der Waals surface area contributed by atoms with Crippen LogP contribution in [0.2, 0.25) is 0 Å². The predicted molar refractivity (Wildman–Crippen MR) is 73.1 cm³/mol. The number of nitrogens with one attached hydrogen (secondary N) is 1. The lowest BCUT2D eigenvalue weighted by molar-refractivity contribution is -0.122. The molecule has 0 saturated carbocycles. The van der Waals surface area contributed by atoms with E-state index in [0.717, 1.165) is 0 Å². The zero-order valence-corrected chi connectivity index (χ0v) is 11.2. The molecule has 1 unspecified atom stereocenters. The van der Waals surface area contributed by atoms with Crippen molar-refractivity contribution in [3.63, 3.8) is 0 Å². The average molecular weight is 270 g/mol. The number of nitrogens with zero attached hydrogens (tertiary/aromatic N) is 3. The molecular formula is C14H14N4O2. The number of ether oxygens (including phenoxy) is 1. The van der Waals surface area contributed by atoms with Gasteiger partial charge in [0.05, 0.1) is 17.4 Å². The Morgan fingerprint density at radius 2 is 2.25 bits per heavy atom. The molecule has 6 heteroatoms. The van der Waals surface area contributed by atoms with Crippen LogP contribution in [0.5, 0.6) is 5.75 Å². The molecule has 102 valence electrons. The van der Waals surface area contributed by atoms with Crippen molar-refractivity contribution in [3.8, 4) is 11.8 Å². The summed E-state index contributed by atoms with van der Waals surface area (Å²) in [5.74, 6) is 0.0922. The van der Waals surface area contributed by atoms with Crippen LogP contribution in [0, 0.1) is 11.3 Å². The van der Waals surface area contributed by atoms with E-state index < -0.39 is 6.10 Å². The third-order valence-electron chi connectivity index (χ3n) is 2.65. The molecule has 1 atom stereocenters. The Kier molecular flexibility index (Phi) is 4.01. The van der Waals surface area contributed by atoms with Gasteiger partial charge in [0, 0.05) is 13.2 Å². The maximum absolute atomic E-state index is 12.0. The highest BCUT2D eigenvalue weighted by molar-refractivity contribution is 5.93. The van der Waals surface area contributed by atoms with Gasteiger partial charge >= 0.3 is 0 Å². The summed E-state index contributed by atoms with van der Waals surface area (Å²) in [5, 5.41) is 15.6. The minimum absolute atomic E-state index is 0.300. The predicted octanol–water partition coefficient (Wildman–Crippen LogP) is 1.70. The molecule has 1 amide bonds. The standard InChI is InChI=1S/C14H14N4O2/c1-10(14(19)17-12-8-16-18(2)9-12)20-13-6-4-3-5-11(13)7-15/h3-6,8-10H,1-2H3,(H,17,19). The second kappa shape index (κ2) is 5.89. The first-order valence-electron chi connectivity index (χ1n) is 6.05. The maximum Gasteiger partial charge on any atom is 0.265 e. The van der Waals surface area contributed by atoms with Gasteiger partial charge in [0.2, 0.25) is 0 Å². The monoisotopic (exact) mass is 270 g/mol. The second-order valence-corrected chi connectivity index (χ2v) is 4.26. The van der Waals surface area contributed by atoms with Crippen LogP contribution in [0.3, 0.4) is 0 Å². The minimum atomic E-state index is -0.718. The fourth-order valence-corrected chi connectivity index (χ4v) is 1.64. The van der Waals surface area contributed by atoms with Crippen molar-refractivity contribution in [2.24, 2.45) is 7.05 Å². The highest BCUT2D eigenvalue weighted by Crippen LogP contribution is 2.18. The molecular weight excluding hydrogens is 256 g/mol. The van der Waals surface area contributed by atoms with Crippen molar-refractivity contribution in [1.29, 1.82) is 5.26 Å². The van der Waals surface area contributed by atoms with Crippen molar-refractivity contribution in [2.75, 3.05) is 5.32 Å². The summed E-state index contributed by atoms with van der Waals surface area (Å²) in [6, 6.07) is 8.82. The number of rotatable bonds is 4. The van der Waals surface area contributed by atoms with Crippen molar-refractivity contribution in [2.45, 2.75) is 13.0 Å². The average Bonchev–Trinajstić information content (AvgIpc) is 2.84. The molecule has 0 aliphatic carbocycles. The Hall–Kier alpha value is -2.81. The Balaban J connectivity index is 2.02. The molecule has 0 aliphatic rings. The van der Waals surface area contributed by atoms with Gasteiger partial charge < -0.3 is 10.1 Å². The van der Waals surface area contributed by atoms with E-state index in [9.17, 15) is 4.79 Å². The molecule has 1 N–H and O–H groups in total. The first kappa shape index (κ1) is 13.6. The van der Waals surface area contributed by atoms with E-state index in [4.69, 9.17) is 10.00 Å². The van der Waals surface area contributed by atoms with Crippen LogP contribution in [0.15, 0.2) is 36.7 Å². The number of anilines is 1. The van der Waals surface area contributed by atoms with Gasteiger partial charge in [-0.1, -0.05) is 12.1 Å². The molecule has 1 heterocycles. The van der Waals surface area contributed by atoms with Crippen LogP contribution in [-0.2, 0) is 11.8 Å². The van der Waals surface area contributed by atoms with Crippen LogP contribution in [0.4, 0.5) is 5.69 Å². The molecule has 0 bridgehead atoms. The summed E-state index contributed by atoms with van der Waals surface area (Å²) in [6.45, 7) is 1.62. The molecule has 0 spiro atoms. The molecule has 0 saturated heterocycles. The molecule has 0 aliphatic heterocycles. The number of benzene rings is 1. The van der Waals surface area contributed by atoms with Crippen molar-refractivity contribution < 1.29 is 9.53 Å². The fourth-order valence-electron chi connectivity index (χ4n) is 1.64. The largest absolute Gasteiger partial charge is 0.480 e. The van der Waals surface area contributed by atoms with Gasteiger partial charge in [-0.05, 0) is 19.1 Å². The first-order chi connectivity index (χ1) is 9.60. The quantitative estimate of drug-likeness (QED) is 0.917. The number of amides is 1. The van der Waals surface area contributed by atoms with Crippen LogP contribution in [0.25, 0.3) is 0 Å². The Morgan fingerprint density at radius 3 is 2.90 bits per heavy atom. The molecule has 1 aromatic carbocycles. The number of hydrogen-bond donors (Lipinski definition) is 1. The van der Waals surface area contributed by atoms with Gasteiger partial charge in [-0.25, -0.2) is 0 Å². The fraction of sp³-hybridized carbons (Fsp3) is 0.214. The number of aryl methyl sites for hydroxylation is 1. The van der Waals surface area contributed by atoms with Crippen molar-refractivity contribution in [3.05, 3.63) is 42.2 Å². The Bertz CT molecular complexity index is 657. The van der Waals surface area contributed by atoms with Gasteiger partial charge in [0.15, 0.2) is 6.10 Å². The highest BCUT2D eigenvalue weighted by atomic mass is 16.5. The van der Waals surface area contributed by atoms with Gasteiger partial charge in [-0.2, -0.15) is 10.4 Å². The van der Waals surface area contributed by atoms with Crippen molar-refractivity contribution in [1.82, 2.24) is 9.78 Å². The summed E-state index contributed by atoms with van der Waals surface area (Å²) in [6.07, 6.45) is 2.52. The second-order valence-electron chi connectivity index (χ2n) is 4.26. The lowest BCUT2D eigenvalue weighted by atomic mass is 10.2.